The van der Waals surface area contributed by atoms with Gasteiger partial charge in [0, 0.05) is 18.3 Å². The molecule has 0 bridgehead atoms. The highest BCUT2D eigenvalue weighted by Gasteiger charge is 2.64. The molecule has 0 amide bonds. The molecule has 0 saturated carbocycles. The summed E-state index contributed by atoms with van der Waals surface area (Å²) in [7, 11) is 0. The van der Waals surface area contributed by atoms with Crippen molar-refractivity contribution in [3.63, 3.8) is 0 Å². The highest BCUT2D eigenvalue weighted by atomic mass is 16.9. The minimum absolute atomic E-state index is 0.104. The molecule has 8 heteroatoms. The van der Waals surface area contributed by atoms with Gasteiger partial charge < -0.3 is 33.7 Å². The van der Waals surface area contributed by atoms with Crippen molar-refractivity contribution in [2.75, 3.05) is 13.2 Å². The Morgan fingerprint density at radius 2 is 1.67 bits per heavy atom. The molecular weight excluding hydrogens is 462 g/mol. The normalized spacial score (nSPS) is 30.7. The zero-order chi connectivity index (χ0) is 25.4. The van der Waals surface area contributed by atoms with E-state index in [1.165, 1.54) is 6.08 Å². The first kappa shape index (κ1) is 24.9. The number of rotatable bonds is 6. The Hall–Kier alpha value is -2.75. The molecule has 192 valence electrons. The Morgan fingerprint density at radius 3 is 2.33 bits per heavy atom. The molecule has 8 nitrogen and oxygen atoms in total. The van der Waals surface area contributed by atoms with Crippen LogP contribution in [0.1, 0.15) is 38.8 Å². The predicted molar refractivity (Wildman–Crippen MR) is 131 cm³/mol. The van der Waals surface area contributed by atoms with Crippen molar-refractivity contribution in [3.05, 3.63) is 77.9 Å². The van der Waals surface area contributed by atoms with Gasteiger partial charge in [0.1, 0.15) is 18.8 Å². The lowest BCUT2D eigenvalue weighted by Crippen LogP contribution is -2.63. The first-order valence-electron chi connectivity index (χ1n) is 12.2. The molecule has 0 aromatic heterocycles. The van der Waals surface area contributed by atoms with Crippen LogP contribution in [0.2, 0.25) is 0 Å². The maximum absolute atomic E-state index is 13.4. The van der Waals surface area contributed by atoms with Crippen molar-refractivity contribution >= 4 is 11.7 Å². The number of benzene rings is 2. The molecule has 4 atom stereocenters. The lowest BCUT2D eigenvalue weighted by Gasteiger charge is -2.43. The largest absolute Gasteiger partial charge is 0.450 e. The van der Waals surface area contributed by atoms with Crippen LogP contribution in [0.25, 0.3) is 5.70 Å². The molecule has 2 aromatic carbocycles. The molecule has 1 spiro atoms. The third-order valence-corrected chi connectivity index (χ3v) is 6.40. The van der Waals surface area contributed by atoms with Gasteiger partial charge in [-0.25, -0.2) is 4.79 Å². The van der Waals surface area contributed by atoms with E-state index in [0.717, 1.165) is 11.1 Å². The first-order chi connectivity index (χ1) is 17.1. The highest BCUT2D eigenvalue weighted by molar-refractivity contribution is 5.91. The van der Waals surface area contributed by atoms with E-state index in [0.29, 0.717) is 12.2 Å². The van der Waals surface area contributed by atoms with Crippen molar-refractivity contribution in [1.82, 2.24) is 5.32 Å². The fourth-order valence-electron chi connectivity index (χ4n) is 4.85. The van der Waals surface area contributed by atoms with E-state index < -0.39 is 41.6 Å². The topological polar surface area (TPSA) is 84.5 Å². The Bertz CT molecular complexity index is 1100. The SMILES string of the molecule is CC1(C)O[C@@H]2[C@@H](CO[C@]3(COC(C)(C)O3)[C@H]2OC(=O)/C=C(/NCc2ccccc2)c2ccccc2)O1. The summed E-state index contributed by atoms with van der Waals surface area (Å²) in [6.45, 7) is 8.14. The molecule has 1 N–H and O–H groups in total. The second kappa shape index (κ2) is 9.61. The third kappa shape index (κ3) is 5.33. The molecule has 3 aliphatic heterocycles. The monoisotopic (exact) mass is 495 g/mol. The number of carbonyl (C=O) groups excluding carboxylic acids is 1. The Morgan fingerprint density at radius 1 is 0.972 bits per heavy atom. The molecule has 0 aliphatic carbocycles. The van der Waals surface area contributed by atoms with Gasteiger partial charge in [0.15, 0.2) is 17.7 Å². The quantitative estimate of drug-likeness (QED) is 0.479. The summed E-state index contributed by atoms with van der Waals surface area (Å²) in [5, 5.41) is 3.37. The van der Waals surface area contributed by atoms with Crippen molar-refractivity contribution in [2.45, 2.75) is 69.9 Å². The maximum Gasteiger partial charge on any atom is 0.333 e. The Balaban J connectivity index is 1.41. The van der Waals surface area contributed by atoms with Crippen LogP contribution >= 0.6 is 0 Å². The average Bonchev–Trinajstić information content (AvgIpc) is 3.34. The van der Waals surface area contributed by atoms with Gasteiger partial charge in [0.25, 0.3) is 0 Å². The smallest absolute Gasteiger partial charge is 0.333 e. The zero-order valence-corrected chi connectivity index (χ0v) is 21.1. The molecule has 5 rings (SSSR count). The Kier molecular flexibility index (Phi) is 6.65. The van der Waals surface area contributed by atoms with Gasteiger partial charge in [0.2, 0.25) is 5.79 Å². The summed E-state index contributed by atoms with van der Waals surface area (Å²) in [4.78, 5) is 13.4. The summed E-state index contributed by atoms with van der Waals surface area (Å²) in [5.74, 6) is -3.58. The standard InChI is InChI=1S/C28H33NO7/c1-26(2)32-18-28(36-26)25(24-22(17-31-28)34-27(3,4)35-24)33-23(30)15-21(20-13-9-6-10-14-20)29-16-19-11-7-5-8-12-19/h5-15,22,24-25,29H,16-18H2,1-4H3/b21-15+/t22-,24-,25+,28+/m1/s1. The van der Waals surface area contributed by atoms with Crippen molar-refractivity contribution < 1.29 is 33.2 Å². The average molecular weight is 496 g/mol. The van der Waals surface area contributed by atoms with Crippen LogP contribution in [0, 0.1) is 0 Å². The molecule has 3 heterocycles. The maximum atomic E-state index is 13.4. The third-order valence-electron chi connectivity index (χ3n) is 6.40. The molecule has 2 aromatic rings. The van der Waals surface area contributed by atoms with Gasteiger partial charge in [-0.15, -0.1) is 0 Å². The van der Waals surface area contributed by atoms with Gasteiger partial charge in [0.05, 0.1) is 6.61 Å². The summed E-state index contributed by atoms with van der Waals surface area (Å²) in [6, 6.07) is 19.6. The van der Waals surface area contributed by atoms with Gasteiger partial charge in [-0.1, -0.05) is 60.7 Å². The van der Waals surface area contributed by atoms with Crippen molar-refractivity contribution in [3.8, 4) is 0 Å². The van der Waals surface area contributed by atoms with Gasteiger partial charge in [-0.2, -0.15) is 0 Å². The molecule has 0 unspecified atom stereocenters. The molecule has 36 heavy (non-hydrogen) atoms. The van der Waals surface area contributed by atoms with Crippen LogP contribution in [0.3, 0.4) is 0 Å². The number of hydrogen-bond donors (Lipinski definition) is 1. The lowest BCUT2D eigenvalue weighted by atomic mass is 9.97. The van der Waals surface area contributed by atoms with Gasteiger partial charge in [-0.3, -0.25) is 0 Å². The highest BCUT2D eigenvalue weighted by Crippen LogP contribution is 2.45. The van der Waals surface area contributed by atoms with E-state index in [2.05, 4.69) is 5.32 Å². The van der Waals surface area contributed by atoms with E-state index in [4.69, 9.17) is 28.4 Å². The van der Waals surface area contributed by atoms with Crippen LogP contribution in [0.4, 0.5) is 0 Å². The van der Waals surface area contributed by atoms with Crippen LogP contribution in [-0.4, -0.2) is 54.9 Å². The summed E-state index contributed by atoms with van der Waals surface area (Å²) in [5.41, 5.74) is 2.59. The van der Waals surface area contributed by atoms with Gasteiger partial charge in [-0.05, 0) is 38.8 Å². The minimum atomic E-state index is -1.29. The predicted octanol–water partition coefficient (Wildman–Crippen LogP) is 3.76. The lowest BCUT2D eigenvalue weighted by molar-refractivity contribution is -0.327. The van der Waals surface area contributed by atoms with Crippen LogP contribution in [-0.2, 0) is 39.8 Å². The zero-order valence-electron chi connectivity index (χ0n) is 21.1. The number of fused-ring (bicyclic) bond motifs is 1. The minimum Gasteiger partial charge on any atom is -0.450 e. The van der Waals surface area contributed by atoms with Crippen molar-refractivity contribution in [1.29, 1.82) is 0 Å². The van der Waals surface area contributed by atoms with E-state index in [9.17, 15) is 4.79 Å². The fraction of sp³-hybridized carbons (Fsp3) is 0.464. The van der Waals surface area contributed by atoms with E-state index in [-0.39, 0.29) is 13.2 Å². The number of ether oxygens (including phenoxy) is 6. The second-order valence-corrected chi connectivity index (χ2v) is 10.2. The first-order valence-corrected chi connectivity index (χ1v) is 12.2. The van der Waals surface area contributed by atoms with Crippen LogP contribution < -0.4 is 5.32 Å². The fourth-order valence-corrected chi connectivity index (χ4v) is 4.85. The molecular formula is C28H33NO7. The van der Waals surface area contributed by atoms with Gasteiger partial charge >= 0.3 is 5.97 Å². The molecule has 0 radical (unpaired) electrons. The summed E-state index contributed by atoms with van der Waals surface area (Å²) in [6.07, 6.45) is -0.405. The second-order valence-electron chi connectivity index (χ2n) is 10.2. The number of nitrogens with one attached hydrogen (secondary N) is 1. The molecule has 3 saturated heterocycles. The van der Waals surface area contributed by atoms with E-state index in [1.807, 2.05) is 74.5 Å². The van der Waals surface area contributed by atoms with Crippen LogP contribution in [0.15, 0.2) is 66.7 Å². The van der Waals surface area contributed by atoms with Crippen molar-refractivity contribution in [2.24, 2.45) is 0 Å². The number of carbonyl (C=O) groups is 1. The molecule has 3 aliphatic rings. The summed E-state index contributed by atoms with van der Waals surface area (Å²) >= 11 is 0. The number of esters is 1. The van der Waals surface area contributed by atoms with E-state index in [1.54, 1.807) is 13.8 Å². The number of hydrogen-bond acceptors (Lipinski definition) is 8. The molecule has 3 fully saturated rings. The summed E-state index contributed by atoms with van der Waals surface area (Å²) < 4.78 is 36.3. The Labute approximate surface area is 211 Å². The van der Waals surface area contributed by atoms with Crippen LogP contribution in [0.5, 0.6) is 0 Å². The van der Waals surface area contributed by atoms with E-state index >= 15 is 0 Å².